The molecule has 7 heteroatoms. The molecule has 1 aromatic heterocycles. The summed E-state index contributed by atoms with van der Waals surface area (Å²) >= 11 is 0. The highest BCUT2D eigenvalue weighted by Gasteiger charge is 2.49. The summed E-state index contributed by atoms with van der Waals surface area (Å²) in [6.07, 6.45) is 9.61. The number of morpholine rings is 1. The van der Waals surface area contributed by atoms with Gasteiger partial charge < -0.3 is 15.0 Å². The van der Waals surface area contributed by atoms with Crippen molar-refractivity contribution in [1.82, 2.24) is 20.1 Å². The van der Waals surface area contributed by atoms with Gasteiger partial charge in [0.25, 0.3) is 5.91 Å². The minimum Gasteiger partial charge on any atom is -0.357 e. The minimum absolute atomic E-state index is 0.0671. The largest absolute Gasteiger partial charge is 0.357 e. The Kier molecular flexibility index (Phi) is 5.50. The van der Waals surface area contributed by atoms with Crippen molar-refractivity contribution in [2.45, 2.75) is 56.8 Å². The number of rotatable bonds is 6. The van der Waals surface area contributed by atoms with Gasteiger partial charge in [0.05, 0.1) is 6.54 Å². The first-order valence-corrected chi connectivity index (χ1v) is 11.5. The number of carbonyl (C=O) groups excluding carboxylic acids is 2. The summed E-state index contributed by atoms with van der Waals surface area (Å²) in [4.78, 5) is 34.3. The third-order valence-corrected chi connectivity index (χ3v) is 7.11. The maximum Gasteiger partial charge on any atom is 0.250 e. The fourth-order valence-corrected chi connectivity index (χ4v) is 5.00. The SMILES string of the molecule is O=C(NCc1cccnc1)[C@@H]1CN(CC2CC2)C[C@]2(CCN(C(=O)C3CCC3)C2)O1. The zero-order valence-corrected chi connectivity index (χ0v) is 17.6. The van der Waals surface area contributed by atoms with Gasteiger partial charge in [-0.1, -0.05) is 12.5 Å². The molecule has 0 bridgehead atoms. The highest BCUT2D eigenvalue weighted by atomic mass is 16.5. The first kappa shape index (κ1) is 19.9. The van der Waals surface area contributed by atoms with Gasteiger partial charge >= 0.3 is 0 Å². The molecule has 30 heavy (non-hydrogen) atoms. The van der Waals surface area contributed by atoms with Crippen molar-refractivity contribution in [3.63, 3.8) is 0 Å². The molecule has 2 saturated carbocycles. The Morgan fingerprint density at radius 3 is 2.80 bits per heavy atom. The van der Waals surface area contributed by atoms with Gasteiger partial charge in [-0.25, -0.2) is 0 Å². The average molecular weight is 413 g/mol. The molecule has 4 aliphatic rings. The number of aromatic nitrogens is 1. The van der Waals surface area contributed by atoms with Crippen LogP contribution in [0.15, 0.2) is 24.5 Å². The Morgan fingerprint density at radius 2 is 2.10 bits per heavy atom. The van der Waals surface area contributed by atoms with Crippen LogP contribution in [0, 0.1) is 11.8 Å². The number of hydrogen-bond acceptors (Lipinski definition) is 5. The van der Waals surface area contributed by atoms with Crippen molar-refractivity contribution in [2.24, 2.45) is 11.8 Å². The molecule has 2 atom stereocenters. The van der Waals surface area contributed by atoms with Gasteiger partial charge in [0.2, 0.25) is 5.91 Å². The number of nitrogens with one attached hydrogen (secondary N) is 1. The van der Waals surface area contributed by atoms with E-state index in [-0.39, 0.29) is 11.8 Å². The number of ether oxygens (including phenoxy) is 1. The molecule has 7 nitrogen and oxygen atoms in total. The molecule has 1 N–H and O–H groups in total. The smallest absolute Gasteiger partial charge is 0.250 e. The lowest BCUT2D eigenvalue weighted by Gasteiger charge is -2.44. The Morgan fingerprint density at radius 1 is 1.23 bits per heavy atom. The highest BCUT2D eigenvalue weighted by molar-refractivity contribution is 5.81. The van der Waals surface area contributed by atoms with E-state index >= 15 is 0 Å². The van der Waals surface area contributed by atoms with Crippen LogP contribution in [0.4, 0.5) is 0 Å². The van der Waals surface area contributed by atoms with E-state index in [1.54, 1.807) is 12.4 Å². The molecule has 0 aromatic carbocycles. The molecule has 2 saturated heterocycles. The molecular weight excluding hydrogens is 380 g/mol. The van der Waals surface area contributed by atoms with E-state index in [1.165, 1.54) is 19.3 Å². The molecule has 162 valence electrons. The number of nitrogens with zero attached hydrogens (tertiary/aromatic N) is 3. The Labute approximate surface area is 178 Å². The predicted molar refractivity (Wildman–Crippen MR) is 111 cm³/mol. The second-order valence-corrected chi connectivity index (χ2v) is 9.64. The van der Waals surface area contributed by atoms with Crippen LogP contribution in [0.25, 0.3) is 0 Å². The second kappa shape index (κ2) is 8.27. The van der Waals surface area contributed by atoms with Crippen molar-refractivity contribution in [1.29, 1.82) is 0 Å². The summed E-state index contributed by atoms with van der Waals surface area (Å²) in [5.41, 5.74) is 0.562. The first-order valence-electron chi connectivity index (χ1n) is 11.5. The molecular formula is C23H32N4O3. The third-order valence-electron chi connectivity index (χ3n) is 7.11. The monoisotopic (exact) mass is 412 g/mol. The predicted octanol–water partition coefficient (Wildman–Crippen LogP) is 1.58. The summed E-state index contributed by atoms with van der Waals surface area (Å²) in [6.45, 7) is 4.31. The van der Waals surface area contributed by atoms with Crippen molar-refractivity contribution >= 4 is 11.8 Å². The molecule has 2 aliphatic carbocycles. The third kappa shape index (κ3) is 4.37. The molecule has 1 aromatic rings. The number of amides is 2. The molecule has 1 spiro atoms. The fraction of sp³-hybridized carbons (Fsp3) is 0.696. The number of likely N-dealkylation sites (tertiary alicyclic amines) is 1. The van der Waals surface area contributed by atoms with Gasteiger partial charge in [-0.15, -0.1) is 0 Å². The molecule has 4 fully saturated rings. The van der Waals surface area contributed by atoms with Crippen LogP contribution >= 0.6 is 0 Å². The van der Waals surface area contributed by atoms with Gasteiger partial charge in [0.15, 0.2) is 0 Å². The molecule has 3 heterocycles. The summed E-state index contributed by atoms with van der Waals surface area (Å²) in [5.74, 6) is 1.19. The zero-order chi connectivity index (χ0) is 20.6. The molecule has 0 unspecified atom stereocenters. The molecule has 2 amide bonds. The normalized spacial score (nSPS) is 29.7. The van der Waals surface area contributed by atoms with E-state index in [0.29, 0.717) is 25.5 Å². The van der Waals surface area contributed by atoms with E-state index < -0.39 is 11.7 Å². The Balaban J connectivity index is 1.24. The summed E-state index contributed by atoms with van der Waals surface area (Å²) in [7, 11) is 0. The van der Waals surface area contributed by atoms with Crippen molar-refractivity contribution in [3.8, 4) is 0 Å². The van der Waals surface area contributed by atoms with Crippen LogP contribution < -0.4 is 5.32 Å². The lowest BCUT2D eigenvalue weighted by atomic mass is 9.84. The average Bonchev–Trinajstić information content (AvgIpc) is 3.44. The van der Waals surface area contributed by atoms with Crippen molar-refractivity contribution in [3.05, 3.63) is 30.1 Å². The lowest BCUT2D eigenvalue weighted by Crippen LogP contribution is -2.60. The topological polar surface area (TPSA) is 74.8 Å². The van der Waals surface area contributed by atoms with Crippen LogP contribution in [-0.4, -0.2) is 71.0 Å². The minimum atomic E-state index is -0.493. The number of hydrogen-bond donors (Lipinski definition) is 1. The van der Waals surface area contributed by atoms with Crippen LogP contribution in [-0.2, 0) is 20.9 Å². The lowest BCUT2D eigenvalue weighted by molar-refractivity contribution is -0.170. The van der Waals surface area contributed by atoms with Crippen molar-refractivity contribution in [2.75, 3.05) is 32.7 Å². The van der Waals surface area contributed by atoms with E-state index in [4.69, 9.17) is 4.74 Å². The quantitative estimate of drug-likeness (QED) is 0.768. The van der Waals surface area contributed by atoms with Crippen LogP contribution in [0.5, 0.6) is 0 Å². The Bertz CT molecular complexity index is 780. The summed E-state index contributed by atoms with van der Waals surface area (Å²) in [6, 6.07) is 3.83. The maximum absolute atomic E-state index is 13.0. The van der Waals surface area contributed by atoms with Gasteiger partial charge in [-0.2, -0.15) is 0 Å². The standard InChI is InChI=1S/C23H32N4O3/c28-21(25-12-18-3-2-9-24-11-18)20-14-26(13-17-6-7-17)15-23(30-20)8-10-27(16-23)22(29)19-4-1-5-19/h2-3,9,11,17,19-20H,1,4-8,10,12-16H2,(H,25,28)/t20-,23-/m0/s1. The van der Waals surface area contributed by atoms with E-state index in [9.17, 15) is 9.59 Å². The fourth-order valence-electron chi connectivity index (χ4n) is 5.00. The van der Waals surface area contributed by atoms with Crippen LogP contribution in [0.1, 0.15) is 44.1 Å². The Hall–Kier alpha value is -1.99. The van der Waals surface area contributed by atoms with Crippen molar-refractivity contribution < 1.29 is 14.3 Å². The number of carbonyl (C=O) groups is 2. The summed E-state index contributed by atoms with van der Waals surface area (Å²) < 4.78 is 6.47. The molecule has 2 aliphatic heterocycles. The van der Waals surface area contributed by atoms with Gasteiger partial charge in [0.1, 0.15) is 11.7 Å². The van der Waals surface area contributed by atoms with Crippen LogP contribution in [0.3, 0.4) is 0 Å². The first-order chi connectivity index (χ1) is 14.6. The zero-order valence-electron chi connectivity index (χ0n) is 17.6. The van der Waals surface area contributed by atoms with E-state index in [1.807, 2.05) is 17.0 Å². The van der Waals surface area contributed by atoms with Gasteiger partial charge in [0, 0.05) is 51.0 Å². The van der Waals surface area contributed by atoms with Crippen LogP contribution in [0.2, 0.25) is 0 Å². The van der Waals surface area contributed by atoms with Gasteiger partial charge in [-0.05, 0) is 49.7 Å². The summed E-state index contributed by atoms with van der Waals surface area (Å²) in [5, 5.41) is 3.02. The van der Waals surface area contributed by atoms with E-state index in [0.717, 1.165) is 50.4 Å². The van der Waals surface area contributed by atoms with E-state index in [2.05, 4.69) is 15.2 Å². The molecule has 5 rings (SSSR count). The second-order valence-electron chi connectivity index (χ2n) is 9.64. The maximum atomic E-state index is 13.0. The highest BCUT2D eigenvalue weighted by Crippen LogP contribution is 2.37. The number of pyridine rings is 1. The van der Waals surface area contributed by atoms with Gasteiger partial charge in [-0.3, -0.25) is 19.5 Å². The molecule has 0 radical (unpaired) electrons.